The summed E-state index contributed by atoms with van der Waals surface area (Å²) in [4.78, 5) is 10.7. The Morgan fingerprint density at radius 1 is 1.57 bits per heavy atom. The van der Waals surface area contributed by atoms with Gasteiger partial charge in [-0.2, -0.15) is 0 Å². The Morgan fingerprint density at radius 3 is 3.00 bits per heavy atom. The van der Waals surface area contributed by atoms with Crippen LogP contribution in [0.3, 0.4) is 0 Å². The summed E-state index contributed by atoms with van der Waals surface area (Å²) in [6.07, 6.45) is 3.91. The van der Waals surface area contributed by atoms with Crippen LogP contribution in [0, 0.1) is 0 Å². The number of aliphatic hydroxyl groups is 1. The van der Waals surface area contributed by atoms with Crippen molar-refractivity contribution in [1.29, 1.82) is 0 Å². The molecule has 5 nitrogen and oxygen atoms in total. The van der Waals surface area contributed by atoms with Crippen LogP contribution in [0.25, 0.3) is 0 Å². The zero-order valence-corrected chi connectivity index (χ0v) is 8.31. The summed E-state index contributed by atoms with van der Waals surface area (Å²) in [5.74, 6) is 0.214. The lowest BCUT2D eigenvalue weighted by Gasteiger charge is -2.02. The lowest BCUT2D eigenvalue weighted by molar-refractivity contribution is -0.117. The average molecular weight is 197 g/mol. The van der Waals surface area contributed by atoms with Crippen LogP contribution in [0.15, 0.2) is 6.20 Å². The minimum atomic E-state index is -0.0420. The molecule has 5 heteroatoms. The third kappa shape index (κ3) is 3.26. The summed E-state index contributed by atoms with van der Waals surface area (Å²) in [6, 6.07) is 0. The fraction of sp³-hybridized carbons (Fsp3) is 0.667. The minimum Gasteiger partial charge on any atom is -0.390 e. The Labute approximate surface area is 82.7 Å². The van der Waals surface area contributed by atoms with E-state index in [4.69, 9.17) is 5.11 Å². The summed E-state index contributed by atoms with van der Waals surface area (Å²) in [6.45, 7) is 2.26. The van der Waals surface area contributed by atoms with Crippen molar-refractivity contribution in [1.82, 2.24) is 15.0 Å². The average Bonchev–Trinajstić information content (AvgIpc) is 2.59. The number of carbonyl (C=O) groups excluding carboxylic acids is 1. The van der Waals surface area contributed by atoms with Gasteiger partial charge in [0.15, 0.2) is 0 Å². The van der Waals surface area contributed by atoms with Crippen LogP contribution in [-0.4, -0.2) is 25.9 Å². The topological polar surface area (TPSA) is 68.0 Å². The van der Waals surface area contributed by atoms with E-state index in [-0.39, 0.29) is 12.4 Å². The molecule has 1 N–H and O–H groups in total. The van der Waals surface area contributed by atoms with Crippen LogP contribution < -0.4 is 0 Å². The van der Waals surface area contributed by atoms with Gasteiger partial charge >= 0.3 is 0 Å². The first-order chi connectivity index (χ1) is 6.74. The van der Waals surface area contributed by atoms with Crippen LogP contribution >= 0.6 is 0 Å². The minimum absolute atomic E-state index is 0.0420. The number of carbonyl (C=O) groups is 1. The first-order valence-corrected chi connectivity index (χ1v) is 4.71. The van der Waals surface area contributed by atoms with Crippen molar-refractivity contribution in [3.8, 4) is 0 Å². The smallest absolute Gasteiger partial charge is 0.129 e. The summed E-state index contributed by atoms with van der Waals surface area (Å²) in [5.41, 5.74) is 0.716. The van der Waals surface area contributed by atoms with E-state index in [0.29, 0.717) is 18.7 Å². The molecule has 78 valence electrons. The van der Waals surface area contributed by atoms with E-state index in [1.807, 2.05) is 0 Å². The molecule has 0 aliphatic carbocycles. The van der Waals surface area contributed by atoms with Gasteiger partial charge in [-0.15, -0.1) is 5.10 Å². The molecule has 0 unspecified atom stereocenters. The van der Waals surface area contributed by atoms with Gasteiger partial charge in [0.2, 0.25) is 0 Å². The fourth-order valence-electron chi connectivity index (χ4n) is 1.23. The Bertz CT molecular complexity index is 296. The first-order valence-electron chi connectivity index (χ1n) is 4.71. The second-order valence-corrected chi connectivity index (χ2v) is 3.27. The molecule has 0 fully saturated rings. The summed E-state index contributed by atoms with van der Waals surface area (Å²) in [5, 5.41) is 16.4. The van der Waals surface area contributed by atoms with Crippen LogP contribution in [0.2, 0.25) is 0 Å². The number of rotatable bonds is 6. The molecule has 0 radical (unpaired) electrons. The predicted octanol–water partition coefficient (Wildman–Crippen LogP) is 0.530. The second-order valence-electron chi connectivity index (χ2n) is 3.27. The van der Waals surface area contributed by atoms with Gasteiger partial charge < -0.3 is 9.90 Å². The first kappa shape index (κ1) is 10.8. The van der Waals surface area contributed by atoms with Gasteiger partial charge in [-0.05, 0) is 19.8 Å². The molecule has 0 atom stereocenters. The Hall–Kier alpha value is -1.23. The SMILES string of the molecule is CC(=O)CCCCn1nncc1CO. The number of ketones is 1. The van der Waals surface area contributed by atoms with Gasteiger partial charge in [-0.25, -0.2) is 4.68 Å². The number of Topliss-reactive ketones (excluding diaryl/α,β-unsaturated/α-hetero) is 1. The largest absolute Gasteiger partial charge is 0.390 e. The highest BCUT2D eigenvalue weighted by Crippen LogP contribution is 2.02. The molecule has 14 heavy (non-hydrogen) atoms. The van der Waals surface area contributed by atoms with Crippen molar-refractivity contribution in [2.75, 3.05) is 0 Å². The van der Waals surface area contributed by atoms with Crippen molar-refractivity contribution >= 4 is 5.78 Å². The van der Waals surface area contributed by atoms with Crippen molar-refractivity contribution in [2.45, 2.75) is 39.3 Å². The van der Waals surface area contributed by atoms with Crippen molar-refractivity contribution < 1.29 is 9.90 Å². The molecule has 1 rings (SSSR count). The third-order valence-corrected chi connectivity index (χ3v) is 2.01. The summed E-state index contributed by atoms with van der Waals surface area (Å²) < 4.78 is 1.67. The van der Waals surface area contributed by atoms with E-state index in [0.717, 1.165) is 12.8 Å². The second kappa shape index (κ2) is 5.49. The lowest BCUT2D eigenvalue weighted by Crippen LogP contribution is -2.05. The monoisotopic (exact) mass is 197 g/mol. The predicted molar refractivity (Wildman–Crippen MR) is 50.5 cm³/mol. The van der Waals surface area contributed by atoms with Crippen molar-refractivity contribution in [2.24, 2.45) is 0 Å². The van der Waals surface area contributed by atoms with Gasteiger partial charge in [0.1, 0.15) is 5.78 Å². The normalized spacial score (nSPS) is 10.4. The molecule has 0 bridgehead atoms. The van der Waals surface area contributed by atoms with Crippen LogP contribution in [0.1, 0.15) is 31.9 Å². The van der Waals surface area contributed by atoms with Crippen molar-refractivity contribution in [3.63, 3.8) is 0 Å². The van der Waals surface area contributed by atoms with E-state index < -0.39 is 0 Å². The number of aryl methyl sites for hydroxylation is 1. The van der Waals surface area contributed by atoms with Gasteiger partial charge in [-0.3, -0.25) is 0 Å². The van der Waals surface area contributed by atoms with Crippen LogP contribution in [-0.2, 0) is 17.9 Å². The van der Waals surface area contributed by atoms with Crippen LogP contribution in [0.4, 0.5) is 0 Å². The number of hydrogen-bond acceptors (Lipinski definition) is 4. The molecule has 0 aromatic carbocycles. The Balaban J connectivity index is 2.27. The van der Waals surface area contributed by atoms with E-state index in [1.54, 1.807) is 17.8 Å². The van der Waals surface area contributed by atoms with Gasteiger partial charge in [0.25, 0.3) is 0 Å². The maximum atomic E-state index is 10.7. The number of nitrogens with zero attached hydrogens (tertiary/aromatic N) is 3. The molecule has 0 aliphatic rings. The van der Waals surface area contributed by atoms with E-state index in [1.165, 1.54) is 0 Å². The highest BCUT2D eigenvalue weighted by atomic mass is 16.3. The molecular formula is C9H15N3O2. The van der Waals surface area contributed by atoms with Crippen LogP contribution in [0.5, 0.6) is 0 Å². The summed E-state index contributed by atoms with van der Waals surface area (Å²) in [7, 11) is 0. The molecular weight excluding hydrogens is 182 g/mol. The van der Waals surface area contributed by atoms with Crippen molar-refractivity contribution in [3.05, 3.63) is 11.9 Å². The maximum Gasteiger partial charge on any atom is 0.129 e. The number of aromatic nitrogens is 3. The zero-order chi connectivity index (χ0) is 10.4. The maximum absolute atomic E-state index is 10.7. The lowest BCUT2D eigenvalue weighted by atomic mass is 10.2. The third-order valence-electron chi connectivity index (χ3n) is 2.01. The highest BCUT2D eigenvalue weighted by Gasteiger charge is 2.01. The number of unbranched alkanes of at least 4 members (excludes halogenated alkanes) is 1. The molecule has 1 aromatic rings. The van der Waals surface area contributed by atoms with E-state index in [2.05, 4.69) is 10.3 Å². The molecule has 1 aromatic heterocycles. The van der Waals surface area contributed by atoms with E-state index in [9.17, 15) is 4.79 Å². The van der Waals surface area contributed by atoms with Gasteiger partial charge in [0, 0.05) is 13.0 Å². The van der Waals surface area contributed by atoms with Gasteiger partial charge in [-0.1, -0.05) is 5.21 Å². The number of aliphatic hydroxyl groups excluding tert-OH is 1. The molecule has 0 saturated heterocycles. The highest BCUT2D eigenvalue weighted by molar-refractivity contribution is 5.75. The zero-order valence-electron chi connectivity index (χ0n) is 8.31. The van der Waals surface area contributed by atoms with E-state index >= 15 is 0 Å². The molecule has 0 spiro atoms. The molecule has 0 amide bonds. The molecule has 0 saturated carbocycles. The molecule has 1 heterocycles. The number of hydrogen-bond donors (Lipinski definition) is 1. The molecule has 0 aliphatic heterocycles. The quantitative estimate of drug-likeness (QED) is 0.675. The standard InChI is InChI=1S/C9H15N3O2/c1-8(14)4-2-3-5-12-9(7-13)6-10-11-12/h6,13H,2-5,7H2,1H3. The van der Waals surface area contributed by atoms with Gasteiger partial charge in [0.05, 0.1) is 18.5 Å². The Kier molecular flexibility index (Phi) is 4.25. The Morgan fingerprint density at radius 2 is 2.36 bits per heavy atom. The summed E-state index contributed by atoms with van der Waals surface area (Å²) >= 11 is 0. The fourth-order valence-corrected chi connectivity index (χ4v) is 1.23.